The smallest absolute Gasteiger partial charge is 0.0480 e. The van der Waals surface area contributed by atoms with Crippen molar-refractivity contribution in [2.45, 2.75) is 63.5 Å². The molecule has 2 aliphatic rings. The second kappa shape index (κ2) is 7.34. The number of hydrogen-bond acceptors (Lipinski definition) is 3. The van der Waals surface area contributed by atoms with Crippen LogP contribution in [0, 0.1) is 0 Å². The van der Waals surface area contributed by atoms with E-state index in [0.717, 1.165) is 38.3 Å². The zero-order valence-electron chi connectivity index (χ0n) is 11.1. The van der Waals surface area contributed by atoms with E-state index in [1.807, 2.05) is 0 Å². The molecule has 0 unspecified atom stereocenters. The van der Waals surface area contributed by atoms with Crippen LogP contribution in [-0.4, -0.2) is 43.3 Å². The normalized spacial score (nSPS) is 24.4. The van der Waals surface area contributed by atoms with Crippen molar-refractivity contribution in [1.82, 2.24) is 4.90 Å². The molecule has 1 saturated carbocycles. The molecule has 0 amide bonds. The lowest BCUT2D eigenvalue weighted by Crippen LogP contribution is -2.47. The Bertz CT molecular complexity index is 180. The molecule has 0 radical (unpaired) electrons. The molecular formula is C14H28N2O. The zero-order chi connectivity index (χ0) is 11.9. The lowest BCUT2D eigenvalue weighted by molar-refractivity contribution is 0.00888. The van der Waals surface area contributed by atoms with Crippen molar-refractivity contribution < 1.29 is 4.74 Å². The van der Waals surface area contributed by atoms with Gasteiger partial charge in [-0.2, -0.15) is 0 Å². The molecule has 17 heavy (non-hydrogen) atoms. The van der Waals surface area contributed by atoms with Gasteiger partial charge < -0.3 is 10.5 Å². The van der Waals surface area contributed by atoms with Crippen LogP contribution in [0.25, 0.3) is 0 Å². The maximum Gasteiger partial charge on any atom is 0.0480 e. The Morgan fingerprint density at radius 2 is 1.59 bits per heavy atom. The molecule has 0 aromatic carbocycles. The molecule has 0 spiro atoms. The van der Waals surface area contributed by atoms with E-state index in [0.29, 0.717) is 0 Å². The Kier molecular flexibility index (Phi) is 5.75. The fourth-order valence-corrected chi connectivity index (χ4v) is 3.37. The summed E-state index contributed by atoms with van der Waals surface area (Å²) >= 11 is 0. The van der Waals surface area contributed by atoms with Gasteiger partial charge in [-0.1, -0.05) is 19.3 Å². The van der Waals surface area contributed by atoms with Gasteiger partial charge in [-0.15, -0.1) is 0 Å². The van der Waals surface area contributed by atoms with Crippen LogP contribution in [0.15, 0.2) is 0 Å². The van der Waals surface area contributed by atoms with E-state index in [1.165, 1.54) is 51.5 Å². The van der Waals surface area contributed by atoms with Gasteiger partial charge in [0.2, 0.25) is 0 Å². The van der Waals surface area contributed by atoms with E-state index < -0.39 is 0 Å². The summed E-state index contributed by atoms with van der Waals surface area (Å²) in [4.78, 5) is 2.77. The molecule has 0 aromatic rings. The van der Waals surface area contributed by atoms with E-state index in [1.54, 1.807) is 0 Å². The van der Waals surface area contributed by atoms with Gasteiger partial charge in [0.25, 0.3) is 0 Å². The largest absolute Gasteiger partial charge is 0.381 e. The molecule has 0 aromatic heterocycles. The summed E-state index contributed by atoms with van der Waals surface area (Å²) in [5.41, 5.74) is 5.68. The molecule has 1 aliphatic carbocycles. The summed E-state index contributed by atoms with van der Waals surface area (Å²) in [5.74, 6) is 0. The molecule has 1 aliphatic heterocycles. The average Bonchev–Trinajstić information content (AvgIpc) is 2.42. The first-order chi connectivity index (χ1) is 8.42. The number of nitrogens with zero attached hydrogens (tertiary/aromatic N) is 1. The first-order valence-corrected chi connectivity index (χ1v) is 7.45. The third kappa shape index (κ3) is 3.94. The molecule has 3 nitrogen and oxygen atoms in total. The second-order valence-corrected chi connectivity index (χ2v) is 5.52. The van der Waals surface area contributed by atoms with Crippen LogP contribution in [0.1, 0.15) is 51.4 Å². The van der Waals surface area contributed by atoms with Crippen LogP contribution in [0.2, 0.25) is 0 Å². The minimum absolute atomic E-state index is 0.762. The highest BCUT2D eigenvalue weighted by molar-refractivity contribution is 4.83. The van der Waals surface area contributed by atoms with Crippen LogP contribution < -0.4 is 5.73 Å². The Morgan fingerprint density at radius 1 is 0.941 bits per heavy atom. The van der Waals surface area contributed by atoms with Gasteiger partial charge in [0.05, 0.1) is 0 Å². The van der Waals surface area contributed by atoms with E-state index in [9.17, 15) is 0 Å². The lowest BCUT2D eigenvalue weighted by Gasteiger charge is -2.41. The predicted molar refractivity (Wildman–Crippen MR) is 71.1 cm³/mol. The molecule has 0 bridgehead atoms. The van der Waals surface area contributed by atoms with Gasteiger partial charge in [-0.3, -0.25) is 4.90 Å². The van der Waals surface area contributed by atoms with E-state index >= 15 is 0 Å². The summed E-state index contributed by atoms with van der Waals surface area (Å²) < 4.78 is 5.49. The van der Waals surface area contributed by atoms with Gasteiger partial charge in [0.1, 0.15) is 0 Å². The topological polar surface area (TPSA) is 38.5 Å². The molecule has 1 saturated heterocycles. The standard InChI is InChI=1S/C14H28N2O/c15-9-4-10-16(13-5-2-1-3-6-13)14-7-11-17-12-8-14/h13-14H,1-12,15H2. The predicted octanol–water partition coefficient (Wildman–Crippen LogP) is 2.15. The Hall–Kier alpha value is -0.120. The number of ether oxygens (including phenoxy) is 1. The number of hydrogen-bond donors (Lipinski definition) is 1. The first kappa shape index (κ1) is 13.3. The summed E-state index contributed by atoms with van der Waals surface area (Å²) in [6.07, 6.45) is 10.7. The Labute approximate surface area is 106 Å². The van der Waals surface area contributed by atoms with Crippen molar-refractivity contribution in [3.8, 4) is 0 Å². The summed E-state index contributed by atoms with van der Waals surface area (Å²) in [7, 11) is 0. The molecule has 2 N–H and O–H groups in total. The van der Waals surface area contributed by atoms with Gasteiger partial charge in [0, 0.05) is 25.3 Å². The fraction of sp³-hybridized carbons (Fsp3) is 1.00. The van der Waals surface area contributed by atoms with Gasteiger partial charge >= 0.3 is 0 Å². The SMILES string of the molecule is NCCCN(C1CCCCC1)C1CCOCC1. The second-order valence-electron chi connectivity index (χ2n) is 5.52. The van der Waals surface area contributed by atoms with Crippen LogP contribution in [-0.2, 0) is 4.74 Å². The van der Waals surface area contributed by atoms with Gasteiger partial charge in [-0.05, 0) is 45.2 Å². The van der Waals surface area contributed by atoms with Crippen LogP contribution in [0.4, 0.5) is 0 Å². The summed E-state index contributed by atoms with van der Waals surface area (Å²) in [6.45, 7) is 3.94. The third-order valence-corrected chi connectivity index (χ3v) is 4.32. The third-order valence-electron chi connectivity index (χ3n) is 4.32. The number of rotatable bonds is 5. The minimum Gasteiger partial charge on any atom is -0.381 e. The fourth-order valence-electron chi connectivity index (χ4n) is 3.37. The van der Waals surface area contributed by atoms with Crippen molar-refractivity contribution >= 4 is 0 Å². The molecule has 2 fully saturated rings. The highest BCUT2D eigenvalue weighted by atomic mass is 16.5. The maximum atomic E-state index is 5.68. The van der Waals surface area contributed by atoms with Gasteiger partial charge in [-0.25, -0.2) is 0 Å². The van der Waals surface area contributed by atoms with E-state index in [-0.39, 0.29) is 0 Å². The number of nitrogens with two attached hydrogens (primary N) is 1. The van der Waals surface area contributed by atoms with Crippen molar-refractivity contribution in [3.05, 3.63) is 0 Å². The molecule has 1 heterocycles. The maximum absolute atomic E-state index is 5.68. The molecule has 100 valence electrons. The van der Waals surface area contributed by atoms with Crippen molar-refractivity contribution in [2.24, 2.45) is 5.73 Å². The lowest BCUT2D eigenvalue weighted by atomic mass is 9.91. The average molecular weight is 240 g/mol. The highest BCUT2D eigenvalue weighted by Crippen LogP contribution is 2.27. The molecular weight excluding hydrogens is 212 g/mol. The van der Waals surface area contributed by atoms with Crippen molar-refractivity contribution in [3.63, 3.8) is 0 Å². The Morgan fingerprint density at radius 3 is 2.24 bits per heavy atom. The van der Waals surface area contributed by atoms with Crippen molar-refractivity contribution in [1.29, 1.82) is 0 Å². The quantitative estimate of drug-likeness (QED) is 0.800. The van der Waals surface area contributed by atoms with Crippen LogP contribution >= 0.6 is 0 Å². The highest BCUT2D eigenvalue weighted by Gasteiger charge is 2.28. The molecule has 2 rings (SSSR count). The first-order valence-electron chi connectivity index (χ1n) is 7.45. The molecule has 0 atom stereocenters. The molecule has 3 heteroatoms. The summed E-state index contributed by atoms with van der Waals surface area (Å²) in [6, 6.07) is 1.59. The Balaban J connectivity index is 1.90. The van der Waals surface area contributed by atoms with Gasteiger partial charge in [0.15, 0.2) is 0 Å². The van der Waals surface area contributed by atoms with E-state index in [4.69, 9.17) is 10.5 Å². The monoisotopic (exact) mass is 240 g/mol. The van der Waals surface area contributed by atoms with Crippen LogP contribution in [0.3, 0.4) is 0 Å². The van der Waals surface area contributed by atoms with E-state index in [2.05, 4.69) is 4.90 Å². The van der Waals surface area contributed by atoms with Crippen molar-refractivity contribution in [2.75, 3.05) is 26.3 Å². The van der Waals surface area contributed by atoms with Crippen LogP contribution in [0.5, 0.6) is 0 Å². The zero-order valence-corrected chi connectivity index (χ0v) is 11.1. The minimum atomic E-state index is 0.762. The summed E-state index contributed by atoms with van der Waals surface area (Å²) in [5, 5.41) is 0.